The molecule has 2 aromatic rings. The van der Waals surface area contributed by atoms with E-state index in [1.54, 1.807) is 6.07 Å². The van der Waals surface area contributed by atoms with Crippen molar-refractivity contribution in [1.82, 2.24) is 5.32 Å². The summed E-state index contributed by atoms with van der Waals surface area (Å²) in [5, 5.41) is 11.7. The maximum absolute atomic E-state index is 14.6. The number of carboxylic acid groups (broad SMARTS) is 1. The Kier molecular flexibility index (Phi) is 5.60. The van der Waals surface area contributed by atoms with Crippen molar-refractivity contribution in [3.8, 4) is 16.9 Å². The van der Waals surface area contributed by atoms with Gasteiger partial charge in [-0.3, -0.25) is 9.59 Å². The van der Waals surface area contributed by atoms with Gasteiger partial charge in [-0.1, -0.05) is 6.07 Å². The minimum atomic E-state index is -1.09. The Labute approximate surface area is 160 Å². The Morgan fingerprint density at radius 3 is 2.57 bits per heavy atom. The predicted molar refractivity (Wildman–Crippen MR) is 96.2 cm³/mol. The van der Waals surface area contributed by atoms with Crippen molar-refractivity contribution in [2.75, 3.05) is 20.3 Å². The van der Waals surface area contributed by atoms with Crippen LogP contribution in [0.15, 0.2) is 36.4 Å². The van der Waals surface area contributed by atoms with Gasteiger partial charge in [-0.25, -0.2) is 8.78 Å². The number of rotatable bonds is 6. The third-order valence-corrected chi connectivity index (χ3v) is 4.67. The van der Waals surface area contributed by atoms with Crippen LogP contribution in [-0.2, 0) is 9.53 Å². The first-order valence-electron chi connectivity index (χ1n) is 8.59. The van der Waals surface area contributed by atoms with Crippen LogP contribution in [0.4, 0.5) is 8.78 Å². The molecule has 1 saturated heterocycles. The zero-order valence-corrected chi connectivity index (χ0v) is 15.1. The van der Waals surface area contributed by atoms with Crippen LogP contribution in [0.1, 0.15) is 23.2 Å². The van der Waals surface area contributed by atoms with Gasteiger partial charge in [-0.05, 0) is 36.2 Å². The molecule has 0 radical (unpaired) electrons. The fourth-order valence-corrected chi connectivity index (χ4v) is 3.21. The molecule has 3 rings (SSSR count). The Hall–Kier alpha value is -3.00. The topological polar surface area (TPSA) is 84.9 Å². The summed E-state index contributed by atoms with van der Waals surface area (Å²) < 4.78 is 38.9. The van der Waals surface area contributed by atoms with Crippen molar-refractivity contribution in [3.05, 3.63) is 53.6 Å². The lowest BCUT2D eigenvalue weighted by Gasteiger charge is -2.27. The number of amides is 1. The van der Waals surface area contributed by atoms with Crippen LogP contribution in [0.25, 0.3) is 11.1 Å². The highest BCUT2D eigenvalue weighted by Gasteiger charge is 2.39. The largest absolute Gasteiger partial charge is 0.497 e. The summed E-state index contributed by atoms with van der Waals surface area (Å²) in [5.74, 6) is -2.92. The summed E-state index contributed by atoms with van der Waals surface area (Å²) in [4.78, 5) is 23.6. The highest BCUT2D eigenvalue weighted by molar-refractivity contribution is 5.96. The molecule has 0 bridgehead atoms. The van der Waals surface area contributed by atoms with Gasteiger partial charge in [-0.15, -0.1) is 0 Å². The predicted octanol–water partition coefficient (Wildman–Crippen LogP) is 3.00. The molecule has 2 N–H and O–H groups in total. The summed E-state index contributed by atoms with van der Waals surface area (Å²) in [5.41, 5.74) is -0.901. The quantitative estimate of drug-likeness (QED) is 0.791. The Morgan fingerprint density at radius 2 is 2.00 bits per heavy atom. The molecule has 1 unspecified atom stereocenters. The van der Waals surface area contributed by atoms with Gasteiger partial charge in [0.15, 0.2) is 0 Å². The van der Waals surface area contributed by atoms with Crippen LogP contribution in [-0.4, -0.2) is 42.8 Å². The van der Waals surface area contributed by atoms with E-state index in [0.717, 1.165) is 6.07 Å². The molecule has 1 heterocycles. The van der Waals surface area contributed by atoms with Crippen LogP contribution in [0, 0.1) is 11.6 Å². The van der Waals surface area contributed by atoms with E-state index in [1.807, 2.05) is 0 Å². The molecule has 28 heavy (non-hydrogen) atoms. The van der Waals surface area contributed by atoms with Crippen molar-refractivity contribution in [3.63, 3.8) is 0 Å². The fourth-order valence-electron chi connectivity index (χ4n) is 3.21. The van der Waals surface area contributed by atoms with Crippen LogP contribution >= 0.6 is 0 Å². The zero-order chi connectivity index (χ0) is 20.3. The second-order valence-electron chi connectivity index (χ2n) is 6.65. The molecule has 8 heteroatoms. The van der Waals surface area contributed by atoms with E-state index in [2.05, 4.69) is 5.32 Å². The van der Waals surface area contributed by atoms with Gasteiger partial charge in [0.1, 0.15) is 17.4 Å². The number of hydrogen-bond acceptors (Lipinski definition) is 4. The van der Waals surface area contributed by atoms with Crippen LogP contribution in [0.5, 0.6) is 5.75 Å². The van der Waals surface area contributed by atoms with Crippen molar-refractivity contribution >= 4 is 11.9 Å². The van der Waals surface area contributed by atoms with Gasteiger partial charge in [0.05, 0.1) is 31.2 Å². The Bertz CT molecular complexity index is 909. The molecule has 6 nitrogen and oxygen atoms in total. The van der Waals surface area contributed by atoms with E-state index in [9.17, 15) is 18.4 Å². The number of halogens is 2. The standard InChI is InChI=1S/C20H19F2NO5/c1-27-13-3-5-14(17(22)9-13)12-2-4-15(16(21)8-12)19(26)23-20(10-18(24)25)6-7-28-11-20/h2-5,8-9H,6-7,10-11H2,1H3,(H,23,26)(H,24,25). The maximum Gasteiger partial charge on any atom is 0.305 e. The maximum atomic E-state index is 14.6. The van der Waals surface area contributed by atoms with Gasteiger partial charge in [0.25, 0.3) is 5.91 Å². The third-order valence-electron chi connectivity index (χ3n) is 4.67. The van der Waals surface area contributed by atoms with Gasteiger partial charge in [0, 0.05) is 18.2 Å². The number of nitrogens with one attached hydrogen (secondary N) is 1. The molecular formula is C20H19F2NO5. The average Bonchev–Trinajstić information content (AvgIpc) is 3.08. The number of aliphatic carboxylic acids is 1. The molecule has 0 saturated carbocycles. The molecule has 2 aromatic carbocycles. The SMILES string of the molecule is COc1ccc(-c2ccc(C(=O)NC3(CC(=O)O)CCOC3)c(F)c2)c(F)c1. The van der Waals surface area contributed by atoms with E-state index in [-0.39, 0.29) is 29.7 Å². The summed E-state index contributed by atoms with van der Waals surface area (Å²) in [7, 11) is 1.41. The summed E-state index contributed by atoms with van der Waals surface area (Å²) in [6, 6.07) is 7.93. The second kappa shape index (κ2) is 7.93. The second-order valence-corrected chi connectivity index (χ2v) is 6.65. The van der Waals surface area contributed by atoms with E-state index >= 15 is 0 Å². The molecule has 0 aromatic heterocycles. The van der Waals surface area contributed by atoms with E-state index in [1.165, 1.54) is 31.4 Å². The fraction of sp³-hybridized carbons (Fsp3) is 0.300. The summed E-state index contributed by atoms with van der Waals surface area (Å²) in [6.45, 7) is 0.355. The van der Waals surface area contributed by atoms with Crippen LogP contribution < -0.4 is 10.1 Å². The minimum absolute atomic E-state index is 0.0435. The van der Waals surface area contributed by atoms with E-state index in [0.29, 0.717) is 18.8 Å². The number of carbonyl (C=O) groups excluding carboxylic acids is 1. The number of carbonyl (C=O) groups is 2. The molecule has 0 spiro atoms. The van der Waals surface area contributed by atoms with Gasteiger partial charge in [-0.2, -0.15) is 0 Å². The zero-order valence-electron chi connectivity index (χ0n) is 15.1. The van der Waals surface area contributed by atoms with E-state index < -0.39 is 29.0 Å². The highest BCUT2D eigenvalue weighted by Crippen LogP contribution is 2.28. The summed E-state index contributed by atoms with van der Waals surface area (Å²) >= 11 is 0. The number of methoxy groups -OCH3 is 1. The molecule has 1 aliphatic heterocycles. The molecule has 148 valence electrons. The lowest BCUT2D eigenvalue weighted by atomic mass is 9.93. The Balaban J connectivity index is 1.84. The highest BCUT2D eigenvalue weighted by atomic mass is 19.1. The number of carboxylic acids is 1. The van der Waals surface area contributed by atoms with Gasteiger partial charge in [0.2, 0.25) is 0 Å². The molecule has 1 atom stereocenters. The first-order valence-corrected chi connectivity index (χ1v) is 8.59. The monoisotopic (exact) mass is 391 g/mol. The van der Waals surface area contributed by atoms with E-state index in [4.69, 9.17) is 14.6 Å². The van der Waals surface area contributed by atoms with Crippen LogP contribution in [0.3, 0.4) is 0 Å². The van der Waals surface area contributed by atoms with Crippen molar-refractivity contribution in [2.24, 2.45) is 0 Å². The first-order chi connectivity index (χ1) is 13.3. The Morgan fingerprint density at radius 1 is 1.21 bits per heavy atom. The number of hydrogen-bond donors (Lipinski definition) is 2. The van der Waals surface area contributed by atoms with Crippen molar-refractivity contribution < 1.29 is 33.0 Å². The molecule has 1 amide bonds. The molecule has 1 aliphatic rings. The molecule has 1 fully saturated rings. The lowest BCUT2D eigenvalue weighted by Crippen LogP contribution is -2.50. The summed E-state index contributed by atoms with van der Waals surface area (Å²) in [6.07, 6.45) is -0.00267. The third kappa shape index (κ3) is 4.12. The average molecular weight is 391 g/mol. The first kappa shape index (κ1) is 19.8. The normalized spacial score (nSPS) is 18.7. The molecular weight excluding hydrogens is 372 g/mol. The minimum Gasteiger partial charge on any atom is -0.497 e. The number of ether oxygens (including phenoxy) is 2. The number of benzene rings is 2. The van der Waals surface area contributed by atoms with Crippen molar-refractivity contribution in [1.29, 1.82) is 0 Å². The lowest BCUT2D eigenvalue weighted by molar-refractivity contribution is -0.138. The van der Waals surface area contributed by atoms with Crippen molar-refractivity contribution in [2.45, 2.75) is 18.4 Å². The smallest absolute Gasteiger partial charge is 0.305 e. The van der Waals surface area contributed by atoms with Crippen LogP contribution in [0.2, 0.25) is 0 Å². The molecule has 0 aliphatic carbocycles. The van der Waals surface area contributed by atoms with Gasteiger partial charge >= 0.3 is 5.97 Å². The van der Waals surface area contributed by atoms with Gasteiger partial charge < -0.3 is 19.9 Å².